The zero-order chi connectivity index (χ0) is 20.6. The van der Waals surface area contributed by atoms with Crippen LogP contribution in [0, 0.1) is 5.41 Å². The largest absolute Gasteiger partial charge is 0.504 e. The first-order chi connectivity index (χ1) is 13.9. The minimum atomic E-state index is -0.385. The maximum absolute atomic E-state index is 12.5. The Morgan fingerprint density at radius 1 is 1.10 bits per heavy atom. The first-order valence-corrected chi connectivity index (χ1v) is 9.67. The van der Waals surface area contributed by atoms with Crippen LogP contribution in [-0.4, -0.2) is 39.1 Å². The van der Waals surface area contributed by atoms with Crippen LogP contribution in [0.25, 0.3) is 10.9 Å². The lowest BCUT2D eigenvalue weighted by Crippen LogP contribution is -2.45. The van der Waals surface area contributed by atoms with Crippen LogP contribution in [0.5, 0.6) is 11.5 Å². The van der Waals surface area contributed by atoms with E-state index in [0.717, 1.165) is 12.0 Å². The molecule has 1 aromatic heterocycles. The van der Waals surface area contributed by atoms with Gasteiger partial charge in [-0.15, -0.1) is 0 Å². The van der Waals surface area contributed by atoms with E-state index >= 15 is 0 Å². The van der Waals surface area contributed by atoms with Crippen molar-refractivity contribution in [3.05, 3.63) is 48.0 Å². The molecular formula is C22H24N4O3. The summed E-state index contributed by atoms with van der Waals surface area (Å²) in [5.74, 6) is 0.412. The molecular weight excluding hydrogens is 368 g/mol. The summed E-state index contributed by atoms with van der Waals surface area (Å²) >= 11 is 0. The molecule has 0 saturated carbocycles. The number of aromatic nitrogens is 2. The number of anilines is 2. The van der Waals surface area contributed by atoms with Gasteiger partial charge in [0.15, 0.2) is 11.5 Å². The van der Waals surface area contributed by atoms with Gasteiger partial charge in [0.05, 0.1) is 5.52 Å². The number of nitrogens with two attached hydrogens (primary N) is 1. The lowest BCUT2D eigenvalue weighted by Gasteiger charge is -2.40. The fourth-order valence-electron chi connectivity index (χ4n) is 4.08. The number of Topliss-reactive ketones (excluding diaryl/α,β-unsaturated/α-hetero) is 1. The summed E-state index contributed by atoms with van der Waals surface area (Å²) in [5.41, 5.74) is 7.31. The normalized spacial score (nSPS) is 16.1. The minimum absolute atomic E-state index is 0.209. The van der Waals surface area contributed by atoms with Gasteiger partial charge >= 0.3 is 0 Å². The van der Waals surface area contributed by atoms with Crippen molar-refractivity contribution in [2.75, 3.05) is 23.7 Å². The molecule has 4 N–H and O–H groups in total. The number of hydrogen-bond acceptors (Lipinski definition) is 7. The molecule has 29 heavy (non-hydrogen) atoms. The van der Waals surface area contributed by atoms with Crippen molar-refractivity contribution in [3.8, 4) is 11.5 Å². The van der Waals surface area contributed by atoms with E-state index in [4.69, 9.17) is 5.73 Å². The number of aromatic hydroxyl groups is 2. The smallest absolute Gasteiger partial charge is 0.227 e. The minimum Gasteiger partial charge on any atom is -0.504 e. The first kappa shape index (κ1) is 19.0. The summed E-state index contributed by atoms with van der Waals surface area (Å²) in [5, 5.41) is 20.0. The lowest BCUT2D eigenvalue weighted by molar-refractivity contribution is -0.127. The third kappa shape index (κ3) is 3.55. The average Bonchev–Trinajstić information content (AvgIpc) is 2.70. The maximum Gasteiger partial charge on any atom is 0.227 e. The van der Waals surface area contributed by atoms with Gasteiger partial charge in [0.2, 0.25) is 5.95 Å². The van der Waals surface area contributed by atoms with Gasteiger partial charge < -0.3 is 20.8 Å². The van der Waals surface area contributed by atoms with Crippen molar-refractivity contribution in [3.63, 3.8) is 0 Å². The molecule has 0 radical (unpaired) electrons. The number of piperidine rings is 1. The molecule has 0 spiro atoms. The molecule has 0 atom stereocenters. The van der Waals surface area contributed by atoms with Gasteiger partial charge in [-0.05, 0) is 37.8 Å². The fraction of sp³-hybridized carbons (Fsp3) is 0.318. The van der Waals surface area contributed by atoms with Crippen LogP contribution >= 0.6 is 0 Å². The van der Waals surface area contributed by atoms with E-state index < -0.39 is 0 Å². The zero-order valence-corrected chi connectivity index (χ0v) is 16.3. The number of fused-ring (bicyclic) bond motifs is 1. The van der Waals surface area contributed by atoms with Crippen molar-refractivity contribution >= 4 is 28.5 Å². The van der Waals surface area contributed by atoms with Gasteiger partial charge in [0.25, 0.3) is 0 Å². The summed E-state index contributed by atoms with van der Waals surface area (Å²) in [7, 11) is 0. The Morgan fingerprint density at radius 3 is 2.41 bits per heavy atom. The molecule has 2 aromatic carbocycles. The number of ketones is 1. The summed E-state index contributed by atoms with van der Waals surface area (Å²) in [6.07, 6.45) is 2.14. The number of nitrogens with zero attached hydrogens (tertiary/aromatic N) is 3. The summed E-state index contributed by atoms with van der Waals surface area (Å²) in [6, 6.07) is 12.8. The molecule has 7 heteroatoms. The van der Waals surface area contributed by atoms with Crippen LogP contribution in [0.4, 0.5) is 11.8 Å². The van der Waals surface area contributed by atoms with E-state index in [-0.39, 0.29) is 28.5 Å². The number of phenolic OH excluding ortho intramolecular Hbond substituents is 2. The predicted octanol–water partition coefficient (Wildman–Crippen LogP) is 3.04. The Morgan fingerprint density at radius 2 is 1.76 bits per heavy atom. The number of carbonyl (C=O) groups excluding carboxylic acids is 1. The number of nitrogen functional groups attached to an aromatic ring is 1. The predicted molar refractivity (Wildman–Crippen MR) is 112 cm³/mol. The molecule has 2 heterocycles. The fourth-order valence-corrected chi connectivity index (χ4v) is 4.08. The maximum atomic E-state index is 12.5. The summed E-state index contributed by atoms with van der Waals surface area (Å²) in [6.45, 7) is 2.96. The van der Waals surface area contributed by atoms with Crippen molar-refractivity contribution in [2.24, 2.45) is 5.41 Å². The average molecular weight is 392 g/mol. The van der Waals surface area contributed by atoms with Crippen molar-refractivity contribution in [1.29, 1.82) is 0 Å². The van der Waals surface area contributed by atoms with Crippen LogP contribution in [-0.2, 0) is 11.2 Å². The van der Waals surface area contributed by atoms with Gasteiger partial charge in [-0.2, -0.15) is 4.98 Å². The summed E-state index contributed by atoms with van der Waals surface area (Å²) < 4.78 is 0. The van der Waals surface area contributed by atoms with E-state index in [2.05, 4.69) is 22.1 Å². The van der Waals surface area contributed by atoms with Gasteiger partial charge in [0.1, 0.15) is 11.6 Å². The van der Waals surface area contributed by atoms with Gasteiger partial charge in [0, 0.05) is 30.0 Å². The molecule has 3 aromatic rings. The van der Waals surface area contributed by atoms with E-state index in [9.17, 15) is 15.0 Å². The van der Waals surface area contributed by atoms with Crippen molar-refractivity contribution < 1.29 is 15.0 Å². The Labute approximate surface area is 168 Å². The molecule has 0 aliphatic carbocycles. The monoisotopic (exact) mass is 392 g/mol. The Kier molecular flexibility index (Phi) is 4.74. The number of rotatable bonds is 4. The van der Waals surface area contributed by atoms with Crippen LogP contribution in [0.1, 0.15) is 25.3 Å². The van der Waals surface area contributed by atoms with E-state index in [0.29, 0.717) is 42.8 Å². The topological polar surface area (TPSA) is 113 Å². The van der Waals surface area contributed by atoms with Crippen LogP contribution in [0.2, 0.25) is 0 Å². The van der Waals surface area contributed by atoms with Crippen molar-refractivity contribution in [2.45, 2.75) is 26.2 Å². The molecule has 150 valence electrons. The quantitative estimate of drug-likeness (QED) is 0.585. The molecule has 4 rings (SSSR count). The van der Waals surface area contributed by atoms with E-state index in [1.165, 1.54) is 12.1 Å². The Bertz CT molecular complexity index is 1060. The molecule has 0 amide bonds. The molecule has 1 fully saturated rings. The second-order valence-electron chi connectivity index (χ2n) is 7.75. The Hall–Kier alpha value is -3.35. The number of hydrogen-bond donors (Lipinski definition) is 3. The van der Waals surface area contributed by atoms with Crippen molar-refractivity contribution in [1.82, 2.24) is 9.97 Å². The van der Waals surface area contributed by atoms with E-state index in [1.807, 2.05) is 23.1 Å². The number of benzene rings is 2. The lowest BCUT2D eigenvalue weighted by atomic mass is 9.71. The molecule has 0 unspecified atom stereocenters. The third-order valence-corrected chi connectivity index (χ3v) is 5.95. The molecule has 1 aliphatic heterocycles. The highest BCUT2D eigenvalue weighted by atomic mass is 16.3. The second-order valence-corrected chi connectivity index (χ2v) is 7.75. The number of phenols is 2. The van der Waals surface area contributed by atoms with Crippen LogP contribution in [0.3, 0.4) is 0 Å². The Balaban J connectivity index is 1.58. The standard InChI is InChI=1S/C22H24N4O3/c1-14(27)22(13-15-5-3-2-4-6-15)7-9-26(10-8-22)21-24-17-12-19(29)18(28)11-16(17)20(23)25-21/h2-6,11-12,28-29H,7-10,13H2,1H3,(H2,23,24,25). The summed E-state index contributed by atoms with van der Waals surface area (Å²) in [4.78, 5) is 23.5. The van der Waals surface area contributed by atoms with Gasteiger partial charge in [-0.1, -0.05) is 30.3 Å². The van der Waals surface area contributed by atoms with Crippen LogP contribution < -0.4 is 10.6 Å². The number of carbonyl (C=O) groups is 1. The zero-order valence-electron chi connectivity index (χ0n) is 16.3. The molecule has 0 bridgehead atoms. The third-order valence-electron chi connectivity index (χ3n) is 5.95. The molecule has 1 aliphatic rings. The van der Waals surface area contributed by atoms with Gasteiger partial charge in [-0.3, -0.25) is 4.79 Å². The van der Waals surface area contributed by atoms with Crippen LogP contribution in [0.15, 0.2) is 42.5 Å². The first-order valence-electron chi connectivity index (χ1n) is 9.67. The highest BCUT2D eigenvalue weighted by Gasteiger charge is 2.39. The molecule has 1 saturated heterocycles. The highest BCUT2D eigenvalue weighted by molar-refractivity contribution is 5.91. The molecule has 7 nitrogen and oxygen atoms in total. The SMILES string of the molecule is CC(=O)C1(Cc2ccccc2)CCN(c2nc(N)c3cc(O)c(O)cc3n2)CC1. The second kappa shape index (κ2) is 7.24. The highest BCUT2D eigenvalue weighted by Crippen LogP contribution is 2.38. The van der Waals surface area contributed by atoms with E-state index in [1.54, 1.807) is 6.92 Å². The van der Waals surface area contributed by atoms with Gasteiger partial charge in [-0.25, -0.2) is 4.98 Å².